The molecule has 1 N–H and O–H groups in total. The highest BCUT2D eigenvalue weighted by Gasteiger charge is 2.17. The van der Waals surface area contributed by atoms with Crippen LogP contribution in [0, 0.1) is 6.92 Å². The van der Waals surface area contributed by atoms with Crippen LogP contribution in [0.25, 0.3) is 0 Å². The molecular weight excluding hydrogens is 305 g/mol. The number of anilines is 1. The van der Waals surface area contributed by atoms with Crippen molar-refractivity contribution in [1.82, 2.24) is 0 Å². The molecule has 19 heavy (non-hydrogen) atoms. The standard InChI is InChI=1S/C13H11Cl2NO2S/c1-9-8-10(6-7-11(9)14)16-19(17,18)13-5-3-2-4-12(13)15/h2-8,16H,1H3. The van der Waals surface area contributed by atoms with Gasteiger partial charge in [-0.2, -0.15) is 0 Å². The van der Waals surface area contributed by atoms with Crippen LogP contribution in [0.2, 0.25) is 10.0 Å². The SMILES string of the molecule is Cc1cc(NS(=O)(=O)c2ccccc2Cl)ccc1Cl. The molecule has 0 atom stereocenters. The van der Waals surface area contributed by atoms with E-state index in [9.17, 15) is 8.42 Å². The number of sulfonamides is 1. The van der Waals surface area contributed by atoms with E-state index >= 15 is 0 Å². The molecule has 0 spiro atoms. The average molecular weight is 316 g/mol. The maximum absolute atomic E-state index is 12.2. The van der Waals surface area contributed by atoms with Crippen LogP contribution in [0.1, 0.15) is 5.56 Å². The van der Waals surface area contributed by atoms with E-state index in [1.54, 1.807) is 37.3 Å². The minimum absolute atomic E-state index is 0.0456. The molecule has 0 saturated carbocycles. The smallest absolute Gasteiger partial charge is 0.263 e. The summed E-state index contributed by atoms with van der Waals surface area (Å²) in [7, 11) is -3.70. The lowest BCUT2D eigenvalue weighted by Crippen LogP contribution is -2.13. The van der Waals surface area contributed by atoms with Crippen LogP contribution in [-0.4, -0.2) is 8.42 Å². The fraction of sp³-hybridized carbons (Fsp3) is 0.0769. The zero-order valence-electron chi connectivity index (χ0n) is 10.0. The maximum atomic E-state index is 12.2. The van der Waals surface area contributed by atoms with Gasteiger partial charge in [0.2, 0.25) is 0 Å². The molecule has 0 aliphatic heterocycles. The minimum atomic E-state index is -3.70. The lowest BCUT2D eigenvalue weighted by molar-refractivity contribution is 0.601. The van der Waals surface area contributed by atoms with Gasteiger partial charge in [0, 0.05) is 10.7 Å². The van der Waals surface area contributed by atoms with Crippen molar-refractivity contribution >= 4 is 38.9 Å². The fourth-order valence-corrected chi connectivity index (χ4v) is 3.27. The zero-order chi connectivity index (χ0) is 14.0. The topological polar surface area (TPSA) is 46.2 Å². The molecule has 0 fully saturated rings. The maximum Gasteiger partial charge on any atom is 0.263 e. The summed E-state index contributed by atoms with van der Waals surface area (Å²) in [6, 6.07) is 11.2. The van der Waals surface area contributed by atoms with E-state index in [-0.39, 0.29) is 9.92 Å². The van der Waals surface area contributed by atoms with Crippen molar-refractivity contribution in [3.05, 3.63) is 58.1 Å². The van der Waals surface area contributed by atoms with E-state index in [0.717, 1.165) is 5.56 Å². The van der Waals surface area contributed by atoms with Gasteiger partial charge in [-0.1, -0.05) is 35.3 Å². The van der Waals surface area contributed by atoms with Gasteiger partial charge >= 0.3 is 0 Å². The Bertz CT molecular complexity index is 714. The molecule has 0 amide bonds. The van der Waals surface area contributed by atoms with Gasteiger partial charge in [-0.3, -0.25) is 4.72 Å². The van der Waals surface area contributed by atoms with Crippen molar-refractivity contribution in [3.8, 4) is 0 Å². The summed E-state index contributed by atoms with van der Waals surface area (Å²) < 4.78 is 26.9. The molecule has 100 valence electrons. The highest BCUT2D eigenvalue weighted by molar-refractivity contribution is 7.92. The van der Waals surface area contributed by atoms with Gasteiger partial charge in [0.05, 0.1) is 5.02 Å². The second-order valence-electron chi connectivity index (χ2n) is 4.00. The van der Waals surface area contributed by atoms with Crippen LogP contribution in [-0.2, 0) is 10.0 Å². The first-order chi connectivity index (χ1) is 8.90. The quantitative estimate of drug-likeness (QED) is 0.926. The van der Waals surface area contributed by atoms with Gasteiger partial charge < -0.3 is 0 Å². The van der Waals surface area contributed by atoms with E-state index in [1.165, 1.54) is 12.1 Å². The van der Waals surface area contributed by atoms with Crippen molar-refractivity contribution in [3.63, 3.8) is 0 Å². The molecule has 2 rings (SSSR count). The van der Waals surface area contributed by atoms with Crippen molar-refractivity contribution in [1.29, 1.82) is 0 Å². The third-order valence-electron chi connectivity index (χ3n) is 2.54. The van der Waals surface area contributed by atoms with Gasteiger partial charge in [-0.05, 0) is 42.8 Å². The van der Waals surface area contributed by atoms with Crippen LogP contribution in [0.3, 0.4) is 0 Å². The first-order valence-corrected chi connectivity index (χ1v) is 7.67. The molecule has 0 radical (unpaired) electrons. The molecule has 3 nitrogen and oxygen atoms in total. The molecule has 0 unspecified atom stereocenters. The number of aryl methyl sites for hydroxylation is 1. The first kappa shape index (κ1) is 14.2. The van der Waals surface area contributed by atoms with Gasteiger partial charge in [0.1, 0.15) is 4.90 Å². The van der Waals surface area contributed by atoms with Crippen LogP contribution >= 0.6 is 23.2 Å². The van der Waals surface area contributed by atoms with E-state index in [4.69, 9.17) is 23.2 Å². The normalized spacial score (nSPS) is 11.3. The van der Waals surface area contributed by atoms with Crippen LogP contribution in [0.15, 0.2) is 47.4 Å². The van der Waals surface area contributed by atoms with Crippen molar-refractivity contribution in [2.45, 2.75) is 11.8 Å². The fourth-order valence-electron chi connectivity index (χ4n) is 1.58. The molecule has 0 aliphatic rings. The molecule has 0 bridgehead atoms. The Balaban J connectivity index is 2.37. The third kappa shape index (κ3) is 3.21. The number of hydrogen-bond donors (Lipinski definition) is 1. The molecular formula is C13H11Cl2NO2S. The zero-order valence-corrected chi connectivity index (χ0v) is 12.4. The number of benzene rings is 2. The summed E-state index contributed by atoms with van der Waals surface area (Å²) in [6.07, 6.45) is 0. The molecule has 6 heteroatoms. The number of rotatable bonds is 3. The van der Waals surface area contributed by atoms with Crippen LogP contribution in [0.5, 0.6) is 0 Å². The summed E-state index contributed by atoms with van der Waals surface area (Å²) in [5.41, 5.74) is 1.24. The van der Waals surface area contributed by atoms with E-state index in [2.05, 4.69) is 4.72 Å². The summed E-state index contributed by atoms with van der Waals surface area (Å²) >= 11 is 11.8. The second kappa shape index (κ2) is 5.41. The van der Waals surface area contributed by atoms with Crippen LogP contribution < -0.4 is 4.72 Å². The van der Waals surface area contributed by atoms with Crippen molar-refractivity contribution in [2.24, 2.45) is 0 Å². The summed E-state index contributed by atoms with van der Waals surface area (Å²) in [5.74, 6) is 0. The van der Waals surface area contributed by atoms with E-state index in [1.807, 2.05) is 0 Å². The molecule has 0 aromatic heterocycles. The highest BCUT2D eigenvalue weighted by Crippen LogP contribution is 2.25. The Morgan fingerprint density at radius 1 is 1.00 bits per heavy atom. The van der Waals surface area contributed by atoms with Crippen molar-refractivity contribution < 1.29 is 8.42 Å². The van der Waals surface area contributed by atoms with Crippen molar-refractivity contribution in [2.75, 3.05) is 4.72 Å². The van der Waals surface area contributed by atoms with E-state index in [0.29, 0.717) is 10.7 Å². The molecule has 0 heterocycles. The summed E-state index contributed by atoms with van der Waals surface area (Å²) in [6.45, 7) is 1.80. The summed E-state index contributed by atoms with van der Waals surface area (Å²) in [5, 5.41) is 0.765. The predicted molar refractivity (Wildman–Crippen MR) is 78.4 cm³/mol. The molecule has 0 aliphatic carbocycles. The second-order valence-corrected chi connectivity index (χ2v) is 6.47. The molecule has 0 saturated heterocycles. The Kier molecular flexibility index (Phi) is 4.04. The van der Waals surface area contributed by atoms with Gasteiger partial charge in [-0.15, -0.1) is 0 Å². The highest BCUT2D eigenvalue weighted by atomic mass is 35.5. The minimum Gasteiger partial charge on any atom is -0.280 e. The lowest BCUT2D eigenvalue weighted by Gasteiger charge is -2.10. The number of nitrogens with one attached hydrogen (secondary N) is 1. The lowest BCUT2D eigenvalue weighted by atomic mass is 10.2. The summed E-state index contributed by atoms with van der Waals surface area (Å²) in [4.78, 5) is 0.0456. The third-order valence-corrected chi connectivity index (χ3v) is 4.84. The predicted octanol–water partition coefficient (Wildman–Crippen LogP) is 4.10. The largest absolute Gasteiger partial charge is 0.280 e. The monoisotopic (exact) mass is 315 g/mol. The van der Waals surface area contributed by atoms with Gasteiger partial charge in [0.15, 0.2) is 0 Å². The number of halogens is 2. The van der Waals surface area contributed by atoms with Gasteiger partial charge in [-0.25, -0.2) is 8.42 Å². The molecule has 2 aromatic carbocycles. The Labute approximate surface area is 122 Å². The Morgan fingerprint density at radius 3 is 2.32 bits per heavy atom. The van der Waals surface area contributed by atoms with Crippen LogP contribution in [0.4, 0.5) is 5.69 Å². The van der Waals surface area contributed by atoms with Gasteiger partial charge in [0.25, 0.3) is 10.0 Å². The Morgan fingerprint density at radius 2 is 1.68 bits per heavy atom. The van der Waals surface area contributed by atoms with E-state index < -0.39 is 10.0 Å². The number of hydrogen-bond acceptors (Lipinski definition) is 2. The first-order valence-electron chi connectivity index (χ1n) is 5.43. The molecule has 2 aromatic rings. The average Bonchev–Trinajstić information content (AvgIpc) is 2.34. The Hall–Kier alpha value is -1.23.